The van der Waals surface area contributed by atoms with Crippen molar-refractivity contribution in [1.82, 2.24) is 5.32 Å². The number of carbonyl (C=O) groups is 1. The molecule has 4 heteroatoms. The van der Waals surface area contributed by atoms with Gasteiger partial charge in [0, 0.05) is 5.92 Å². The predicted molar refractivity (Wildman–Crippen MR) is 84.5 cm³/mol. The molecular formula is C18H16N2O2. The monoisotopic (exact) mass is 292 g/mol. The van der Waals surface area contributed by atoms with E-state index < -0.39 is 6.09 Å². The van der Waals surface area contributed by atoms with E-state index in [4.69, 9.17) is 11.3 Å². The van der Waals surface area contributed by atoms with E-state index in [1.54, 1.807) is 0 Å². The van der Waals surface area contributed by atoms with E-state index in [9.17, 15) is 4.79 Å². The molecule has 0 bridgehead atoms. The number of rotatable bonds is 4. The Morgan fingerprint density at radius 3 is 2.27 bits per heavy atom. The fraction of sp³-hybridized carbons (Fsp3) is 0.222. The number of fused-ring (bicyclic) bond motifs is 3. The summed E-state index contributed by atoms with van der Waals surface area (Å²) in [7, 11) is 0. The van der Waals surface area contributed by atoms with Gasteiger partial charge >= 0.3 is 6.09 Å². The first kappa shape index (κ1) is 14.2. The Hall–Kier alpha value is -2.80. The minimum absolute atomic E-state index is 0.0685. The first-order valence-corrected chi connectivity index (χ1v) is 7.23. The highest BCUT2D eigenvalue weighted by Gasteiger charge is 2.28. The van der Waals surface area contributed by atoms with E-state index in [2.05, 4.69) is 34.4 Å². The van der Waals surface area contributed by atoms with Crippen molar-refractivity contribution in [3.05, 3.63) is 71.1 Å². The van der Waals surface area contributed by atoms with Crippen molar-refractivity contribution in [2.45, 2.75) is 5.92 Å². The molecule has 0 fully saturated rings. The molecule has 0 aromatic heterocycles. The van der Waals surface area contributed by atoms with Crippen LogP contribution < -0.4 is 5.32 Å². The Balaban J connectivity index is 1.74. The van der Waals surface area contributed by atoms with Gasteiger partial charge in [-0.15, -0.1) is 0 Å². The quantitative estimate of drug-likeness (QED) is 0.693. The van der Waals surface area contributed by atoms with Crippen LogP contribution >= 0.6 is 0 Å². The SMILES string of the molecule is [C-]#[N+]CCNC(=O)OCC1c2ccccc2-c2ccccc21. The average molecular weight is 292 g/mol. The van der Waals surface area contributed by atoms with Crippen molar-refractivity contribution < 1.29 is 9.53 Å². The molecule has 22 heavy (non-hydrogen) atoms. The highest BCUT2D eigenvalue weighted by atomic mass is 16.5. The lowest BCUT2D eigenvalue weighted by Gasteiger charge is -2.14. The van der Waals surface area contributed by atoms with Crippen LogP contribution in [0.1, 0.15) is 17.0 Å². The molecule has 2 aromatic rings. The zero-order valence-electron chi connectivity index (χ0n) is 12.1. The first-order valence-electron chi connectivity index (χ1n) is 7.23. The molecule has 0 spiro atoms. The van der Waals surface area contributed by atoms with Gasteiger partial charge in [-0.2, -0.15) is 0 Å². The summed E-state index contributed by atoms with van der Waals surface area (Å²) < 4.78 is 5.33. The molecule has 4 nitrogen and oxygen atoms in total. The zero-order chi connectivity index (χ0) is 15.4. The third kappa shape index (κ3) is 2.66. The second-order valence-corrected chi connectivity index (χ2v) is 5.13. The van der Waals surface area contributed by atoms with Crippen molar-refractivity contribution in [3.63, 3.8) is 0 Å². The molecule has 110 valence electrons. The molecular weight excluding hydrogens is 276 g/mol. The molecule has 0 radical (unpaired) electrons. The molecule has 0 unspecified atom stereocenters. The van der Waals surface area contributed by atoms with Crippen LogP contribution in [0.25, 0.3) is 16.0 Å². The minimum Gasteiger partial charge on any atom is -0.449 e. The van der Waals surface area contributed by atoms with Gasteiger partial charge in [-0.05, 0) is 22.3 Å². The largest absolute Gasteiger partial charge is 0.449 e. The average Bonchev–Trinajstić information content (AvgIpc) is 2.87. The summed E-state index contributed by atoms with van der Waals surface area (Å²) in [5.41, 5.74) is 4.80. The normalized spacial score (nSPS) is 12.1. The molecule has 0 saturated heterocycles. The number of amides is 1. The van der Waals surface area contributed by atoms with Crippen molar-refractivity contribution in [2.75, 3.05) is 19.7 Å². The summed E-state index contributed by atoms with van der Waals surface area (Å²) in [4.78, 5) is 14.8. The molecule has 1 N–H and O–H groups in total. The van der Waals surface area contributed by atoms with Crippen LogP contribution in [0.2, 0.25) is 0 Å². The topological polar surface area (TPSA) is 42.7 Å². The fourth-order valence-electron chi connectivity index (χ4n) is 2.86. The number of alkyl carbamates (subject to hydrolysis) is 1. The van der Waals surface area contributed by atoms with E-state index in [1.165, 1.54) is 22.3 Å². The molecule has 2 aromatic carbocycles. The maximum absolute atomic E-state index is 11.7. The van der Waals surface area contributed by atoms with Gasteiger partial charge in [0.2, 0.25) is 6.54 Å². The highest BCUT2D eigenvalue weighted by Crippen LogP contribution is 2.44. The van der Waals surface area contributed by atoms with Gasteiger partial charge < -0.3 is 14.9 Å². The van der Waals surface area contributed by atoms with Gasteiger partial charge in [0.25, 0.3) is 0 Å². The molecule has 1 aliphatic rings. The molecule has 0 aliphatic heterocycles. The first-order chi connectivity index (χ1) is 10.8. The lowest BCUT2D eigenvalue weighted by Crippen LogP contribution is -2.28. The predicted octanol–water partition coefficient (Wildman–Crippen LogP) is 3.44. The van der Waals surface area contributed by atoms with Crippen LogP contribution in [-0.2, 0) is 4.74 Å². The minimum atomic E-state index is -0.467. The van der Waals surface area contributed by atoms with Crippen molar-refractivity contribution in [2.24, 2.45) is 0 Å². The lowest BCUT2D eigenvalue weighted by atomic mass is 9.98. The third-order valence-corrected chi connectivity index (χ3v) is 3.84. The number of hydrogen-bond acceptors (Lipinski definition) is 2. The van der Waals surface area contributed by atoms with Gasteiger partial charge in [-0.3, -0.25) is 0 Å². The zero-order valence-corrected chi connectivity index (χ0v) is 12.1. The maximum Gasteiger partial charge on any atom is 0.407 e. The van der Waals surface area contributed by atoms with Crippen LogP contribution in [0.5, 0.6) is 0 Å². The second-order valence-electron chi connectivity index (χ2n) is 5.13. The highest BCUT2D eigenvalue weighted by molar-refractivity contribution is 5.79. The third-order valence-electron chi connectivity index (χ3n) is 3.84. The molecule has 3 rings (SSSR count). The maximum atomic E-state index is 11.7. The molecule has 1 aliphatic carbocycles. The summed E-state index contributed by atoms with van der Waals surface area (Å²) in [5.74, 6) is 0.0685. The van der Waals surface area contributed by atoms with Gasteiger partial charge in [0.15, 0.2) is 0 Å². The van der Waals surface area contributed by atoms with E-state index in [0.717, 1.165) is 0 Å². The van der Waals surface area contributed by atoms with Gasteiger partial charge in [0.05, 0.1) is 6.54 Å². The van der Waals surface area contributed by atoms with Gasteiger partial charge in [-0.1, -0.05) is 48.5 Å². The van der Waals surface area contributed by atoms with Crippen molar-refractivity contribution in [3.8, 4) is 11.1 Å². The Labute approximate surface area is 129 Å². The van der Waals surface area contributed by atoms with Crippen LogP contribution in [0.3, 0.4) is 0 Å². The Morgan fingerprint density at radius 2 is 1.68 bits per heavy atom. The summed E-state index contributed by atoms with van der Waals surface area (Å²) in [6.45, 7) is 7.57. The summed E-state index contributed by atoms with van der Waals surface area (Å²) in [5, 5.41) is 2.58. The lowest BCUT2D eigenvalue weighted by molar-refractivity contribution is 0.143. The molecule has 1 amide bonds. The number of nitrogens with zero attached hydrogens (tertiary/aromatic N) is 1. The number of carbonyl (C=O) groups excluding carboxylic acids is 1. The Morgan fingerprint density at radius 1 is 1.09 bits per heavy atom. The van der Waals surface area contributed by atoms with Crippen molar-refractivity contribution in [1.29, 1.82) is 0 Å². The number of benzene rings is 2. The Bertz CT molecular complexity index is 688. The van der Waals surface area contributed by atoms with E-state index in [1.807, 2.05) is 24.3 Å². The van der Waals surface area contributed by atoms with E-state index >= 15 is 0 Å². The molecule has 0 atom stereocenters. The van der Waals surface area contributed by atoms with Gasteiger partial charge in [0.1, 0.15) is 6.61 Å². The van der Waals surface area contributed by atoms with Crippen LogP contribution in [0.15, 0.2) is 48.5 Å². The fourth-order valence-corrected chi connectivity index (χ4v) is 2.86. The number of ether oxygens (including phenoxy) is 1. The summed E-state index contributed by atoms with van der Waals surface area (Å²) in [6, 6.07) is 16.4. The number of nitrogens with one attached hydrogen (secondary N) is 1. The van der Waals surface area contributed by atoms with Crippen LogP contribution in [0, 0.1) is 6.57 Å². The molecule has 0 saturated carbocycles. The van der Waals surface area contributed by atoms with E-state index in [0.29, 0.717) is 13.2 Å². The van der Waals surface area contributed by atoms with Crippen LogP contribution in [0.4, 0.5) is 4.79 Å². The Kier molecular flexibility index (Phi) is 4.06. The van der Waals surface area contributed by atoms with E-state index in [-0.39, 0.29) is 12.5 Å². The molecule has 0 heterocycles. The summed E-state index contributed by atoms with van der Waals surface area (Å²) >= 11 is 0. The smallest absolute Gasteiger partial charge is 0.407 e. The second kappa shape index (κ2) is 6.31. The number of hydrogen-bond donors (Lipinski definition) is 1. The van der Waals surface area contributed by atoms with Gasteiger partial charge in [-0.25, -0.2) is 11.4 Å². The summed E-state index contributed by atoms with van der Waals surface area (Å²) in [6.07, 6.45) is -0.467. The van der Waals surface area contributed by atoms with Crippen LogP contribution in [-0.4, -0.2) is 25.8 Å². The standard InChI is InChI=1S/C18H16N2O2/c1-19-10-11-20-18(21)22-12-17-15-8-4-2-6-13(15)14-7-3-5-9-16(14)17/h2-9,17H,10-12H2,(H,20,21). The van der Waals surface area contributed by atoms with Crippen molar-refractivity contribution >= 4 is 6.09 Å².